The molecule has 0 aliphatic carbocycles. The Balaban J connectivity index is 2.34. The van der Waals surface area contributed by atoms with Crippen molar-refractivity contribution in [1.29, 1.82) is 0 Å². The summed E-state index contributed by atoms with van der Waals surface area (Å²) in [6.07, 6.45) is 0. The first kappa shape index (κ1) is 11.8. The maximum Gasteiger partial charge on any atom is 0.340 e. The number of thiophene rings is 1. The average Bonchev–Trinajstić information content (AvgIpc) is 2.82. The van der Waals surface area contributed by atoms with E-state index in [1.807, 2.05) is 29.6 Å². The molecule has 0 aliphatic heterocycles. The minimum atomic E-state index is -1.84. The van der Waals surface area contributed by atoms with E-state index >= 15 is 0 Å². The highest BCUT2D eigenvalue weighted by atomic mass is 32.1. The Morgan fingerprint density at radius 3 is 2.35 bits per heavy atom. The Labute approximate surface area is 103 Å². The SMILES string of the molecule is CC(O)(C(=O)O)c1ccc(-c2cccs2)cc1. The zero-order valence-electron chi connectivity index (χ0n) is 9.25. The van der Waals surface area contributed by atoms with Crippen LogP contribution in [0.2, 0.25) is 0 Å². The number of aliphatic carboxylic acids is 1. The van der Waals surface area contributed by atoms with E-state index in [1.165, 1.54) is 6.92 Å². The summed E-state index contributed by atoms with van der Waals surface area (Å²) >= 11 is 1.62. The summed E-state index contributed by atoms with van der Waals surface area (Å²) in [5.74, 6) is -1.25. The van der Waals surface area contributed by atoms with Crippen molar-refractivity contribution in [2.24, 2.45) is 0 Å². The van der Waals surface area contributed by atoms with Gasteiger partial charge in [-0.15, -0.1) is 11.3 Å². The number of rotatable bonds is 3. The Kier molecular flexibility index (Phi) is 3.00. The first-order valence-corrected chi connectivity index (χ1v) is 6.00. The molecule has 0 fully saturated rings. The normalized spacial score (nSPS) is 14.2. The van der Waals surface area contributed by atoms with Gasteiger partial charge in [-0.3, -0.25) is 0 Å². The predicted molar refractivity (Wildman–Crippen MR) is 67.0 cm³/mol. The van der Waals surface area contributed by atoms with Gasteiger partial charge in [0.15, 0.2) is 5.60 Å². The summed E-state index contributed by atoms with van der Waals surface area (Å²) in [6, 6.07) is 10.9. The second-order valence-electron chi connectivity index (χ2n) is 3.93. The van der Waals surface area contributed by atoms with Crippen LogP contribution in [-0.2, 0) is 10.4 Å². The average molecular weight is 248 g/mol. The number of carboxylic acid groups (broad SMARTS) is 1. The van der Waals surface area contributed by atoms with Crippen LogP contribution in [0.4, 0.5) is 0 Å². The zero-order chi connectivity index (χ0) is 12.5. The first-order chi connectivity index (χ1) is 8.01. The molecule has 88 valence electrons. The smallest absolute Gasteiger partial charge is 0.340 e. The lowest BCUT2D eigenvalue weighted by Crippen LogP contribution is -2.31. The van der Waals surface area contributed by atoms with E-state index in [4.69, 9.17) is 5.11 Å². The molecule has 1 aromatic carbocycles. The second kappa shape index (κ2) is 4.31. The van der Waals surface area contributed by atoms with Gasteiger partial charge in [-0.2, -0.15) is 0 Å². The lowest BCUT2D eigenvalue weighted by atomic mass is 9.95. The minimum Gasteiger partial charge on any atom is -0.479 e. The Morgan fingerprint density at radius 1 is 1.24 bits per heavy atom. The quantitative estimate of drug-likeness (QED) is 0.878. The number of aliphatic hydroxyl groups is 1. The van der Waals surface area contributed by atoms with Gasteiger partial charge in [0, 0.05) is 4.88 Å². The number of carbonyl (C=O) groups is 1. The number of benzene rings is 1. The molecule has 0 amide bonds. The fourth-order valence-corrected chi connectivity index (χ4v) is 2.26. The monoisotopic (exact) mass is 248 g/mol. The second-order valence-corrected chi connectivity index (χ2v) is 4.88. The predicted octanol–water partition coefficient (Wildman–Crippen LogP) is 2.71. The van der Waals surface area contributed by atoms with E-state index in [0.717, 1.165) is 10.4 Å². The summed E-state index contributed by atoms with van der Waals surface area (Å²) in [7, 11) is 0. The van der Waals surface area contributed by atoms with Crippen molar-refractivity contribution < 1.29 is 15.0 Å². The zero-order valence-corrected chi connectivity index (χ0v) is 10.1. The molecular weight excluding hydrogens is 236 g/mol. The molecule has 0 radical (unpaired) electrons. The molecule has 2 aromatic rings. The maximum absolute atomic E-state index is 10.9. The van der Waals surface area contributed by atoms with Gasteiger partial charge in [-0.1, -0.05) is 30.3 Å². The largest absolute Gasteiger partial charge is 0.479 e. The topological polar surface area (TPSA) is 57.5 Å². The van der Waals surface area contributed by atoms with Gasteiger partial charge in [0.2, 0.25) is 0 Å². The van der Waals surface area contributed by atoms with Crippen molar-refractivity contribution in [3.8, 4) is 10.4 Å². The van der Waals surface area contributed by atoms with Crippen LogP contribution in [0.15, 0.2) is 41.8 Å². The third-order valence-corrected chi connectivity index (χ3v) is 3.59. The van der Waals surface area contributed by atoms with Crippen LogP contribution < -0.4 is 0 Å². The third-order valence-electron chi connectivity index (χ3n) is 2.67. The van der Waals surface area contributed by atoms with E-state index < -0.39 is 11.6 Å². The Bertz CT molecular complexity index is 512. The number of carboxylic acids is 1. The van der Waals surface area contributed by atoms with Crippen molar-refractivity contribution in [2.45, 2.75) is 12.5 Å². The van der Waals surface area contributed by atoms with Gasteiger partial charge in [0.05, 0.1) is 0 Å². The molecule has 4 heteroatoms. The van der Waals surface area contributed by atoms with Gasteiger partial charge in [-0.25, -0.2) is 4.79 Å². The van der Waals surface area contributed by atoms with Gasteiger partial charge in [-0.05, 0) is 29.5 Å². The van der Waals surface area contributed by atoms with E-state index in [1.54, 1.807) is 23.5 Å². The van der Waals surface area contributed by atoms with Crippen LogP contribution in [0, 0.1) is 0 Å². The molecule has 2 rings (SSSR count). The molecule has 17 heavy (non-hydrogen) atoms. The van der Waals surface area contributed by atoms with Crippen LogP contribution in [0.25, 0.3) is 10.4 Å². The van der Waals surface area contributed by atoms with Crippen molar-refractivity contribution in [1.82, 2.24) is 0 Å². The van der Waals surface area contributed by atoms with E-state index in [0.29, 0.717) is 5.56 Å². The standard InChI is InChI=1S/C13H12O3S/c1-13(16,12(14)15)10-6-4-9(5-7-10)11-3-2-8-17-11/h2-8,16H,1H3,(H,14,15). The van der Waals surface area contributed by atoms with Crippen LogP contribution >= 0.6 is 11.3 Å². The van der Waals surface area contributed by atoms with Gasteiger partial charge >= 0.3 is 5.97 Å². The lowest BCUT2D eigenvalue weighted by Gasteiger charge is -2.18. The lowest BCUT2D eigenvalue weighted by molar-refractivity contribution is -0.157. The van der Waals surface area contributed by atoms with Crippen molar-refractivity contribution in [2.75, 3.05) is 0 Å². The van der Waals surface area contributed by atoms with Crippen molar-refractivity contribution >= 4 is 17.3 Å². The first-order valence-electron chi connectivity index (χ1n) is 5.12. The highest BCUT2D eigenvalue weighted by molar-refractivity contribution is 7.13. The summed E-state index contributed by atoms with van der Waals surface area (Å²) in [6.45, 7) is 1.27. The van der Waals surface area contributed by atoms with Crippen molar-refractivity contribution in [3.05, 3.63) is 47.3 Å². The maximum atomic E-state index is 10.9. The molecule has 0 spiro atoms. The summed E-state index contributed by atoms with van der Waals surface area (Å²) in [5.41, 5.74) is -0.441. The van der Waals surface area contributed by atoms with E-state index in [-0.39, 0.29) is 0 Å². The van der Waals surface area contributed by atoms with E-state index in [2.05, 4.69) is 0 Å². The number of hydrogen-bond donors (Lipinski definition) is 2. The van der Waals surface area contributed by atoms with Crippen LogP contribution in [-0.4, -0.2) is 16.2 Å². The molecular formula is C13H12O3S. The molecule has 1 unspecified atom stereocenters. The van der Waals surface area contributed by atoms with Crippen LogP contribution in [0.5, 0.6) is 0 Å². The van der Waals surface area contributed by atoms with Crippen molar-refractivity contribution in [3.63, 3.8) is 0 Å². The molecule has 1 heterocycles. The Morgan fingerprint density at radius 2 is 1.88 bits per heavy atom. The molecule has 0 aliphatic rings. The number of hydrogen-bond acceptors (Lipinski definition) is 3. The summed E-state index contributed by atoms with van der Waals surface area (Å²) in [4.78, 5) is 12.0. The van der Waals surface area contributed by atoms with Gasteiger partial charge in [0.25, 0.3) is 0 Å². The van der Waals surface area contributed by atoms with Gasteiger partial charge in [0.1, 0.15) is 0 Å². The fraction of sp³-hybridized carbons (Fsp3) is 0.154. The summed E-state index contributed by atoms with van der Waals surface area (Å²) in [5, 5.41) is 20.7. The molecule has 1 aromatic heterocycles. The van der Waals surface area contributed by atoms with Gasteiger partial charge < -0.3 is 10.2 Å². The van der Waals surface area contributed by atoms with E-state index in [9.17, 15) is 9.90 Å². The molecule has 0 saturated heterocycles. The fourth-order valence-electron chi connectivity index (χ4n) is 1.53. The highest BCUT2D eigenvalue weighted by Gasteiger charge is 2.31. The molecule has 3 nitrogen and oxygen atoms in total. The van der Waals surface area contributed by atoms with Crippen LogP contribution in [0.1, 0.15) is 12.5 Å². The minimum absolute atomic E-state index is 0.380. The highest BCUT2D eigenvalue weighted by Crippen LogP contribution is 2.27. The molecule has 1 atom stereocenters. The third kappa shape index (κ3) is 2.23. The molecule has 0 saturated carbocycles. The molecule has 2 N–H and O–H groups in total. The summed E-state index contributed by atoms with van der Waals surface area (Å²) < 4.78 is 0. The van der Waals surface area contributed by atoms with Crippen LogP contribution in [0.3, 0.4) is 0 Å². The Hall–Kier alpha value is -1.65. The molecule has 0 bridgehead atoms.